The Hall–Kier alpha value is -2.72. The Morgan fingerprint density at radius 3 is 2.47 bits per heavy atom. The van der Waals surface area contributed by atoms with E-state index < -0.39 is 34.2 Å². The van der Waals surface area contributed by atoms with Crippen LogP contribution in [0.3, 0.4) is 0 Å². The zero-order valence-electron chi connectivity index (χ0n) is 17.6. The minimum absolute atomic E-state index is 0.0609. The maximum absolute atomic E-state index is 13.2. The Morgan fingerprint density at radius 1 is 1.19 bits per heavy atom. The molecule has 0 aliphatic carbocycles. The molecule has 2 heterocycles. The minimum atomic E-state index is -1.69. The van der Waals surface area contributed by atoms with E-state index in [-0.39, 0.29) is 13.2 Å². The molecule has 32 heavy (non-hydrogen) atoms. The molecular formula is C23H24N2O6S. The number of morpholine rings is 1. The Kier molecular flexibility index (Phi) is 6.90. The average Bonchev–Trinajstić information content (AvgIpc) is 3.07. The predicted octanol–water partition coefficient (Wildman–Crippen LogP) is 2.28. The van der Waals surface area contributed by atoms with Crippen molar-refractivity contribution in [2.75, 3.05) is 26.8 Å². The fraction of sp³-hybridized carbons (Fsp3) is 0.348. The van der Waals surface area contributed by atoms with Gasteiger partial charge in [-0.1, -0.05) is 60.7 Å². The molecule has 2 aliphatic rings. The summed E-state index contributed by atoms with van der Waals surface area (Å²) in [6.45, 7) is 1.29. The highest BCUT2D eigenvalue weighted by Gasteiger charge is 2.57. The van der Waals surface area contributed by atoms with Crippen molar-refractivity contribution in [2.45, 2.75) is 23.7 Å². The van der Waals surface area contributed by atoms with E-state index in [1.165, 1.54) is 7.05 Å². The van der Waals surface area contributed by atoms with Gasteiger partial charge >= 0.3 is 5.97 Å². The summed E-state index contributed by atoms with van der Waals surface area (Å²) in [5.41, 5.74) is 1.30. The molecular weight excluding hydrogens is 432 g/mol. The summed E-state index contributed by atoms with van der Waals surface area (Å²) in [4.78, 5) is 38.2. The third kappa shape index (κ3) is 4.56. The lowest BCUT2D eigenvalue weighted by Gasteiger charge is -2.35. The SMILES string of the molecule is CN1C(=O)SC(OC(C(=O)OCc2ccccc2)C2COCCN2)(c2ccccc2)C1=O. The van der Waals surface area contributed by atoms with Crippen LogP contribution in [-0.4, -0.2) is 61.0 Å². The molecule has 2 aromatic carbocycles. The van der Waals surface area contributed by atoms with Crippen LogP contribution < -0.4 is 5.32 Å². The van der Waals surface area contributed by atoms with Gasteiger partial charge in [0.15, 0.2) is 6.10 Å². The van der Waals surface area contributed by atoms with Crippen LogP contribution >= 0.6 is 11.8 Å². The smallest absolute Gasteiger partial charge is 0.337 e. The maximum Gasteiger partial charge on any atom is 0.337 e. The number of amides is 2. The minimum Gasteiger partial charge on any atom is -0.459 e. The van der Waals surface area contributed by atoms with Gasteiger partial charge in [-0.15, -0.1) is 0 Å². The van der Waals surface area contributed by atoms with E-state index in [1.54, 1.807) is 30.3 Å². The molecule has 1 N–H and O–H groups in total. The van der Waals surface area contributed by atoms with Crippen molar-refractivity contribution >= 4 is 28.9 Å². The van der Waals surface area contributed by atoms with Gasteiger partial charge in [-0.2, -0.15) is 0 Å². The summed E-state index contributed by atoms with van der Waals surface area (Å²) in [5.74, 6) is -1.18. The highest BCUT2D eigenvalue weighted by atomic mass is 32.2. The topological polar surface area (TPSA) is 94.2 Å². The second-order valence-corrected chi connectivity index (χ2v) is 8.61. The number of likely N-dealkylation sites (N-methyl/N-ethyl adjacent to an activating group) is 1. The first kappa shape index (κ1) is 22.5. The number of rotatable bonds is 7. The monoisotopic (exact) mass is 456 g/mol. The van der Waals surface area contributed by atoms with Gasteiger partial charge in [0.1, 0.15) is 6.61 Å². The van der Waals surface area contributed by atoms with E-state index in [4.69, 9.17) is 14.2 Å². The number of thioether (sulfide) groups is 1. The highest BCUT2D eigenvalue weighted by Crippen LogP contribution is 2.47. The van der Waals surface area contributed by atoms with Gasteiger partial charge in [0.25, 0.3) is 11.1 Å². The summed E-state index contributed by atoms with van der Waals surface area (Å²) in [6.07, 6.45) is -1.17. The number of esters is 1. The summed E-state index contributed by atoms with van der Waals surface area (Å²) in [7, 11) is 1.40. The van der Waals surface area contributed by atoms with Crippen molar-refractivity contribution in [2.24, 2.45) is 0 Å². The molecule has 2 aliphatic heterocycles. The van der Waals surface area contributed by atoms with Crippen LogP contribution in [0.4, 0.5) is 4.79 Å². The predicted molar refractivity (Wildman–Crippen MR) is 118 cm³/mol. The second kappa shape index (κ2) is 9.83. The molecule has 2 fully saturated rings. The quantitative estimate of drug-likeness (QED) is 0.635. The van der Waals surface area contributed by atoms with Crippen LogP contribution in [0.2, 0.25) is 0 Å². The molecule has 0 radical (unpaired) electrons. The number of imide groups is 1. The van der Waals surface area contributed by atoms with Crippen LogP contribution in [0.15, 0.2) is 60.7 Å². The Morgan fingerprint density at radius 2 is 1.88 bits per heavy atom. The number of nitrogens with one attached hydrogen (secondary N) is 1. The first-order chi connectivity index (χ1) is 15.5. The largest absolute Gasteiger partial charge is 0.459 e. The number of hydrogen-bond donors (Lipinski definition) is 1. The summed E-state index contributed by atoms with van der Waals surface area (Å²) in [5, 5.41) is 2.75. The van der Waals surface area contributed by atoms with Crippen molar-refractivity contribution in [1.82, 2.24) is 10.2 Å². The van der Waals surface area contributed by atoms with Gasteiger partial charge in [0.2, 0.25) is 4.93 Å². The molecule has 3 atom stereocenters. The molecule has 2 saturated heterocycles. The molecule has 2 aromatic rings. The van der Waals surface area contributed by atoms with E-state index in [2.05, 4.69) is 5.32 Å². The maximum atomic E-state index is 13.2. The van der Waals surface area contributed by atoms with Crippen molar-refractivity contribution in [3.63, 3.8) is 0 Å². The van der Waals surface area contributed by atoms with E-state index in [1.807, 2.05) is 30.3 Å². The Bertz CT molecular complexity index is 967. The average molecular weight is 457 g/mol. The summed E-state index contributed by atoms with van der Waals surface area (Å²) >= 11 is 0.745. The Labute approximate surface area is 190 Å². The zero-order valence-corrected chi connectivity index (χ0v) is 18.4. The molecule has 168 valence electrons. The van der Waals surface area contributed by atoms with E-state index in [0.29, 0.717) is 18.7 Å². The number of nitrogens with zero attached hydrogens (tertiary/aromatic N) is 1. The third-order valence-electron chi connectivity index (χ3n) is 5.31. The van der Waals surface area contributed by atoms with Crippen molar-refractivity contribution in [3.8, 4) is 0 Å². The normalized spacial score (nSPS) is 24.4. The van der Waals surface area contributed by atoms with E-state index >= 15 is 0 Å². The van der Waals surface area contributed by atoms with E-state index in [0.717, 1.165) is 22.2 Å². The van der Waals surface area contributed by atoms with Gasteiger partial charge in [-0.3, -0.25) is 14.5 Å². The van der Waals surface area contributed by atoms with Gasteiger partial charge in [-0.25, -0.2) is 4.79 Å². The molecule has 0 saturated carbocycles. The fourth-order valence-electron chi connectivity index (χ4n) is 3.59. The number of carbonyl (C=O) groups excluding carboxylic acids is 3. The standard InChI is InChI=1S/C23H24N2O6S/c1-25-21(27)23(32-22(25)28,17-10-6-3-7-11-17)31-19(18-15-29-13-12-24-18)20(26)30-14-16-8-4-2-5-9-16/h2-11,18-19,24H,12-15H2,1H3. The lowest BCUT2D eigenvalue weighted by molar-refractivity contribution is -0.175. The molecule has 0 spiro atoms. The fourth-order valence-corrected chi connectivity index (χ4v) is 4.68. The number of hydrogen-bond acceptors (Lipinski definition) is 8. The highest BCUT2D eigenvalue weighted by molar-refractivity contribution is 8.15. The summed E-state index contributed by atoms with van der Waals surface area (Å²) in [6, 6.07) is 17.5. The van der Waals surface area contributed by atoms with Crippen LogP contribution in [-0.2, 0) is 35.3 Å². The molecule has 4 rings (SSSR count). The van der Waals surface area contributed by atoms with Crippen molar-refractivity contribution in [3.05, 3.63) is 71.8 Å². The molecule has 0 aromatic heterocycles. The van der Waals surface area contributed by atoms with Gasteiger partial charge in [0.05, 0.1) is 19.3 Å². The molecule has 8 nitrogen and oxygen atoms in total. The van der Waals surface area contributed by atoms with Crippen molar-refractivity contribution < 1.29 is 28.6 Å². The lowest BCUT2D eigenvalue weighted by Crippen LogP contribution is -2.56. The number of carbonyl (C=O) groups is 3. The Balaban J connectivity index is 1.64. The molecule has 0 bridgehead atoms. The molecule has 3 unspecified atom stereocenters. The third-order valence-corrected chi connectivity index (χ3v) is 6.55. The van der Waals surface area contributed by atoms with Crippen LogP contribution in [0, 0.1) is 0 Å². The zero-order chi connectivity index (χ0) is 22.6. The van der Waals surface area contributed by atoms with Gasteiger partial charge < -0.3 is 19.5 Å². The lowest BCUT2D eigenvalue weighted by atomic mass is 10.1. The van der Waals surface area contributed by atoms with Crippen LogP contribution in [0.1, 0.15) is 11.1 Å². The summed E-state index contributed by atoms with van der Waals surface area (Å²) < 4.78 is 17.3. The first-order valence-corrected chi connectivity index (χ1v) is 11.1. The number of ether oxygens (including phenoxy) is 3. The molecule has 9 heteroatoms. The molecule has 2 amide bonds. The van der Waals surface area contributed by atoms with Gasteiger partial charge in [0, 0.05) is 19.2 Å². The van der Waals surface area contributed by atoms with Gasteiger partial charge in [-0.05, 0) is 17.3 Å². The second-order valence-electron chi connectivity index (χ2n) is 7.48. The van der Waals surface area contributed by atoms with E-state index in [9.17, 15) is 14.4 Å². The number of benzene rings is 2. The van der Waals surface area contributed by atoms with Crippen LogP contribution in [0.5, 0.6) is 0 Å². The van der Waals surface area contributed by atoms with Crippen LogP contribution in [0.25, 0.3) is 0 Å². The van der Waals surface area contributed by atoms with Crippen molar-refractivity contribution in [1.29, 1.82) is 0 Å². The first-order valence-electron chi connectivity index (χ1n) is 10.3.